The van der Waals surface area contributed by atoms with Crippen molar-refractivity contribution in [2.45, 2.75) is 13.3 Å². The number of hydrogen-bond acceptors (Lipinski definition) is 3. The first kappa shape index (κ1) is 14.9. The number of nitrogens with one attached hydrogen (secondary N) is 2. The lowest BCUT2D eigenvalue weighted by molar-refractivity contribution is 0.0948. The van der Waals surface area contributed by atoms with Gasteiger partial charge in [0.25, 0.3) is 5.91 Å². The maximum absolute atomic E-state index is 11.9. The predicted octanol–water partition coefficient (Wildman–Crippen LogP) is 2.63. The van der Waals surface area contributed by atoms with E-state index in [2.05, 4.69) is 27.3 Å². The molecule has 1 fully saturated rings. The molecule has 3 rings (SSSR count). The number of halogens is 1. The second-order valence-electron chi connectivity index (χ2n) is 5.73. The summed E-state index contributed by atoms with van der Waals surface area (Å²) in [6.45, 7) is 4.71. The highest BCUT2D eigenvalue weighted by Gasteiger charge is 2.24. The van der Waals surface area contributed by atoms with E-state index < -0.39 is 0 Å². The monoisotopic (exact) mass is 318 g/mol. The topological polar surface area (TPSA) is 61.0 Å². The SMILES string of the molecule is Cc1ccc(Cl)cc1N1CC[C@H](CNC(=O)c2cn[nH]c2)C1. The summed E-state index contributed by atoms with van der Waals surface area (Å²) in [5.74, 6) is 0.375. The van der Waals surface area contributed by atoms with Gasteiger partial charge in [0.05, 0.1) is 11.8 Å². The van der Waals surface area contributed by atoms with E-state index in [1.807, 2.05) is 18.2 Å². The zero-order valence-electron chi connectivity index (χ0n) is 12.5. The molecule has 2 N–H and O–H groups in total. The molecule has 1 saturated heterocycles. The molecule has 22 heavy (non-hydrogen) atoms. The number of benzene rings is 1. The highest BCUT2D eigenvalue weighted by atomic mass is 35.5. The molecule has 1 amide bonds. The van der Waals surface area contributed by atoms with Crippen molar-refractivity contribution in [3.05, 3.63) is 46.7 Å². The summed E-state index contributed by atoms with van der Waals surface area (Å²) in [5, 5.41) is 10.2. The van der Waals surface area contributed by atoms with Crippen LogP contribution in [0.25, 0.3) is 0 Å². The van der Waals surface area contributed by atoms with Crippen LogP contribution in [0.3, 0.4) is 0 Å². The lowest BCUT2D eigenvalue weighted by Crippen LogP contribution is -2.30. The number of hydrogen-bond donors (Lipinski definition) is 2. The smallest absolute Gasteiger partial charge is 0.254 e. The minimum atomic E-state index is -0.0777. The Kier molecular flexibility index (Phi) is 4.34. The van der Waals surface area contributed by atoms with Gasteiger partial charge in [-0.25, -0.2) is 0 Å². The number of aryl methyl sites for hydroxylation is 1. The zero-order chi connectivity index (χ0) is 15.5. The summed E-state index contributed by atoms with van der Waals surface area (Å²) in [7, 11) is 0. The van der Waals surface area contributed by atoms with Crippen LogP contribution in [0, 0.1) is 12.8 Å². The minimum absolute atomic E-state index is 0.0777. The molecular formula is C16H19ClN4O. The lowest BCUT2D eigenvalue weighted by Gasteiger charge is -2.21. The molecule has 0 bridgehead atoms. The molecule has 0 aliphatic carbocycles. The molecule has 1 aliphatic heterocycles. The summed E-state index contributed by atoms with van der Waals surface area (Å²) in [6.07, 6.45) is 4.20. The van der Waals surface area contributed by atoms with Crippen LogP contribution in [-0.2, 0) is 0 Å². The fraction of sp³-hybridized carbons (Fsp3) is 0.375. The molecule has 1 aromatic heterocycles. The summed E-state index contributed by atoms with van der Waals surface area (Å²) < 4.78 is 0. The molecule has 6 heteroatoms. The molecule has 0 radical (unpaired) electrons. The Morgan fingerprint density at radius 1 is 1.55 bits per heavy atom. The number of amides is 1. The summed E-state index contributed by atoms with van der Waals surface area (Å²) >= 11 is 6.10. The van der Waals surface area contributed by atoms with Crippen molar-refractivity contribution in [2.24, 2.45) is 5.92 Å². The molecule has 0 saturated carbocycles. The van der Waals surface area contributed by atoms with Crippen molar-refractivity contribution in [3.8, 4) is 0 Å². The maximum Gasteiger partial charge on any atom is 0.254 e. The maximum atomic E-state index is 11.9. The van der Waals surface area contributed by atoms with E-state index in [-0.39, 0.29) is 5.91 Å². The second-order valence-corrected chi connectivity index (χ2v) is 6.16. The van der Waals surface area contributed by atoms with Gasteiger partial charge in [0.2, 0.25) is 0 Å². The molecule has 2 heterocycles. The van der Waals surface area contributed by atoms with Crippen LogP contribution in [0.15, 0.2) is 30.6 Å². The molecular weight excluding hydrogens is 300 g/mol. The Morgan fingerprint density at radius 3 is 3.18 bits per heavy atom. The number of anilines is 1. The first-order valence-electron chi connectivity index (χ1n) is 7.41. The van der Waals surface area contributed by atoms with Gasteiger partial charge in [-0.15, -0.1) is 0 Å². The van der Waals surface area contributed by atoms with Gasteiger partial charge < -0.3 is 10.2 Å². The fourth-order valence-electron chi connectivity index (χ4n) is 2.86. The van der Waals surface area contributed by atoms with Gasteiger partial charge in [0, 0.05) is 36.5 Å². The standard InChI is InChI=1S/C16H19ClN4O/c1-11-2-3-14(17)6-15(11)21-5-4-12(10-21)7-18-16(22)13-8-19-20-9-13/h2-3,6,8-9,12H,4-5,7,10H2,1H3,(H,18,22)(H,19,20)/t12-/m1/s1. The average molecular weight is 319 g/mol. The van der Waals surface area contributed by atoms with Gasteiger partial charge in [-0.1, -0.05) is 17.7 Å². The molecule has 1 aromatic carbocycles. The Balaban J connectivity index is 1.56. The van der Waals surface area contributed by atoms with Gasteiger partial charge in [-0.05, 0) is 37.0 Å². The summed E-state index contributed by atoms with van der Waals surface area (Å²) in [5.41, 5.74) is 2.99. The van der Waals surface area contributed by atoms with Crippen LogP contribution in [0.5, 0.6) is 0 Å². The Hall–Kier alpha value is -2.01. The highest BCUT2D eigenvalue weighted by molar-refractivity contribution is 6.30. The van der Waals surface area contributed by atoms with E-state index >= 15 is 0 Å². The molecule has 116 valence electrons. The summed E-state index contributed by atoms with van der Waals surface area (Å²) in [4.78, 5) is 14.3. The van der Waals surface area contributed by atoms with Gasteiger partial charge in [0.15, 0.2) is 0 Å². The van der Waals surface area contributed by atoms with Crippen LogP contribution in [0.1, 0.15) is 22.3 Å². The molecule has 0 spiro atoms. The Morgan fingerprint density at radius 2 is 2.41 bits per heavy atom. The predicted molar refractivity (Wildman–Crippen MR) is 87.4 cm³/mol. The Labute approximate surface area is 134 Å². The van der Waals surface area contributed by atoms with Gasteiger partial charge >= 0.3 is 0 Å². The number of carbonyl (C=O) groups is 1. The van der Waals surface area contributed by atoms with Gasteiger partial charge in [-0.2, -0.15) is 5.10 Å². The number of rotatable bonds is 4. The van der Waals surface area contributed by atoms with Crippen LogP contribution in [0.2, 0.25) is 5.02 Å². The second kappa shape index (κ2) is 6.40. The molecule has 5 nitrogen and oxygen atoms in total. The normalized spacial score (nSPS) is 17.7. The largest absolute Gasteiger partial charge is 0.371 e. The van der Waals surface area contributed by atoms with Crippen molar-refractivity contribution in [3.63, 3.8) is 0 Å². The molecule has 0 unspecified atom stereocenters. The third-order valence-corrected chi connectivity index (χ3v) is 4.34. The third kappa shape index (κ3) is 3.25. The van der Waals surface area contributed by atoms with Crippen molar-refractivity contribution in [1.82, 2.24) is 15.5 Å². The van der Waals surface area contributed by atoms with E-state index in [1.165, 1.54) is 17.4 Å². The highest BCUT2D eigenvalue weighted by Crippen LogP contribution is 2.29. The first-order valence-corrected chi connectivity index (χ1v) is 7.79. The van der Waals surface area contributed by atoms with E-state index in [0.717, 1.165) is 24.5 Å². The van der Waals surface area contributed by atoms with Crippen LogP contribution >= 0.6 is 11.6 Å². The van der Waals surface area contributed by atoms with E-state index in [1.54, 1.807) is 6.20 Å². The number of aromatic nitrogens is 2. The van der Waals surface area contributed by atoms with Crippen molar-refractivity contribution >= 4 is 23.2 Å². The van der Waals surface area contributed by atoms with Crippen molar-refractivity contribution < 1.29 is 4.79 Å². The van der Waals surface area contributed by atoms with E-state index in [4.69, 9.17) is 11.6 Å². The molecule has 1 atom stereocenters. The molecule has 2 aromatic rings. The third-order valence-electron chi connectivity index (χ3n) is 4.11. The number of nitrogens with zero attached hydrogens (tertiary/aromatic N) is 2. The van der Waals surface area contributed by atoms with Crippen LogP contribution in [-0.4, -0.2) is 35.7 Å². The Bertz CT molecular complexity index is 656. The summed E-state index contributed by atoms with van der Waals surface area (Å²) in [6, 6.07) is 5.98. The van der Waals surface area contributed by atoms with Crippen LogP contribution in [0.4, 0.5) is 5.69 Å². The van der Waals surface area contributed by atoms with Crippen molar-refractivity contribution in [1.29, 1.82) is 0 Å². The van der Waals surface area contributed by atoms with Gasteiger partial charge in [-0.3, -0.25) is 9.89 Å². The number of H-pyrrole nitrogens is 1. The number of aromatic amines is 1. The number of carbonyl (C=O) groups excluding carboxylic acids is 1. The quantitative estimate of drug-likeness (QED) is 0.911. The van der Waals surface area contributed by atoms with Crippen LogP contribution < -0.4 is 10.2 Å². The average Bonchev–Trinajstić information content (AvgIpc) is 3.18. The lowest BCUT2D eigenvalue weighted by atomic mass is 10.1. The fourth-order valence-corrected chi connectivity index (χ4v) is 3.02. The zero-order valence-corrected chi connectivity index (χ0v) is 13.2. The van der Waals surface area contributed by atoms with Crippen molar-refractivity contribution in [2.75, 3.05) is 24.5 Å². The van der Waals surface area contributed by atoms with Gasteiger partial charge in [0.1, 0.15) is 0 Å². The molecule has 1 aliphatic rings. The van der Waals surface area contributed by atoms with E-state index in [9.17, 15) is 4.79 Å². The van der Waals surface area contributed by atoms with E-state index in [0.29, 0.717) is 18.0 Å². The minimum Gasteiger partial charge on any atom is -0.371 e. The first-order chi connectivity index (χ1) is 10.6.